The van der Waals surface area contributed by atoms with Gasteiger partial charge in [-0.1, -0.05) is 12.1 Å². The van der Waals surface area contributed by atoms with Gasteiger partial charge in [0.2, 0.25) is 0 Å². The molecule has 0 radical (unpaired) electrons. The first-order valence-electron chi connectivity index (χ1n) is 6.40. The number of hydrogen-bond donors (Lipinski definition) is 1. The number of hydrogen-bond acceptors (Lipinski definition) is 4. The summed E-state index contributed by atoms with van der Waals surface area (Å²) in [5.41, 5.74) is 7.56. The number of likely N-dealkylation sites (N-methyl/N-ethyl adjacent to an activating group) is 2. The predicted molar refractivity (Wildman–Crippen MR) is 73.8 cm³/mol. The first kappa shape index (κ1) is 13.3. The smallest absolute Gasteiger partial charge is 0.119 e. The topological polar surface area (TPSA) is 41.7 Å². The van der Waals surface area contributed by atoms with E-state index in [1.54, 1.807) is 7.11 Å². The van der Waals surface area contributed by atoms with Crippen molar-refractivity contribution in [3.63, 3.8) is 0 Å². The van der Waals surface area contributed by atoms with Crippen LogP contribution in [0.15, 0.2) is 24.3 Å². The van der Waals surface area contributed by atoms with Gasteiger partial charge in [0, 0.05) is 31.7 Å². The van der Waals surface area contributed by atoms with Crippen LogP contribution in [0.3, 0.4) is 0 Å². The van der Waals surface area contributed by atoms with E-state index in [4.69, 9.17) is 10.5 Å². The monoisotopic (exact) mass is 249 g/mol. The van der Waals surface area contributed by atoms with Crippen LogP contribution >= 0.6 is 0 Å². The third-order valence-corrected chi connectivity index (χ3v) is 3.79. The van der Waals surface area contributed by atoms with Crippen LogP contribution in [-0.4, -0.2) is 56.7 Å². The lowest BCUT2D eigenvalue weighted by molar-refractivity contribution is 0.0973. The summed E-state index contributed by atoms with van der Waals surface area (Å²) in [5.74, 6) is 0.870. The zero-order valence-corrected chi connectivity index (χ0v) is 11.5. The molecule has 4 heteroatoms. The molecule has 1 aromatic carbocycles. The van der Waals surface area contributed by atoms with Crippen LogP contribution in [0.2, 0.25) is 0 Å². The Morgan fingerprint density at radius 1 is 1.33 bits per heavy atom. The van der Waals surface area contributed by atoms with Gasteiger partial charge in [-0.2, -0.15) is 0 Å². The number of nitrogens with two attached hydrogens (primary N) is 1. The molecule has 100 valence electrons. The van der Waals surface area contributed by atoms with Crippen molar-refractivity contribution in [2.45, 2.75) is 12.1 Å². The summed E-state index contributed by atoms with van der Waals surface area (Å²) < 4.78 is 5.26. The lowest BCUT2D eigenvalue weighted by atomic mass is 9.97. The van der Waals surface area contributed by atoms with Crippen LogP contribution in [0.25, 0.3) is 0 Å². The van der Waals surface area contributed by atoms with Gasteiger partial charge in [-0.15, -0.1) is 0 Å². The summed E-state index contributed by atoms with van der Waals surface area (Å²) in [6, 6.07) is 8.44. The molecule has 18 heavy (non-hydrogen) atoms. The summed E-state index contributed by atoms with van der Waals surface area (Å²) in [6.45, 7) is 3.19. The second-order valence-corrected chi connectivity index (χ2v) is 5.11. The molecule has 0 amide bonds. The van der Waals surface area contributed by atoms with Gasteiger partial charge in [0.25, 0.3) is 0 Å². The van der Waals surface area contributed by atoms with E-state index in [0.717, 1.165) is 30.9 Å². The number of rotatable bonds is 3. The van der Waals surface area contributed by atoms with Gasteiger partial charge in [0.15, 0.2) is 0 Å². The van der Waals surface area contributed by atoms with Crippen LogP contribution in [0.1, 0.15) is 11.6 Å². The van der Waals surface area contributed by atoms with Crippen molar-refractivity contribution in [1.82, 2.24) is 9.80 Å². The molecule has 0 bridgehead atoms. The lowest BCUT2D eigenvalue weighted by Crippen LogP contribution is -2.54. The highest BCUT2D eigenvalue weighted by Gasteiger charge is 2.28. The molecule has 1 aliphatic heterocycles. The Balaban J connectivity index is 2.15. The first-order chi connectivity index (χ1) is 8.61. The standard InChI is InChI=1S/C14H23N3O/c1-16-7-8-17(2)13(10-16)14(15)11-5-4-6-12(9-11)18-3/h4-6,9,13-14H,7-8,10,15H2,1-3H3. The number of methoxy groups -OCH3 is 1. The minimum absolute atomic E-state index is 0.0212. The number of nitrogens with zero attached hydrogens (tertiary/aromatic N) is 2. The highest BCUT2D eigenvalue weighted by atomic mass is 16.5. The first-order valence-corrected chi connectivity index (χ1v) is 6.40. The molecule has 1 aromatic rings. The molecule has 1 aliphatic rings. The fourth-order valence-electron chi connectivity index (χ4n) is 2.50. The predicted octanol–water partition coefficient (Wildman–Crippen LogP) is 0.941. The number of piperazine rings is 1. The summed E-state index contributed by atoms with van der Waals surface area (Å²) in [6.07, 6.45) is 0. The Labute approximate surface area is 109 Å². The molecule has 2 unspecified atom stereocenters. The number of benzene rings is 1. The molecule has 2 atom stereocenters. The third kappa shape index (κ3) is 2.83. The Bertz CT molecular complexity index is 396. The van der Waals surface area contributed by atoms with Crippen molar-refractivity contribution < 1.29 is 4.74 Å². The van der Waals surface area contributed by atoms with E-state index >= 15 is 0 Å². The fourth-order valence-corrected chi connectivity index (χ4v) is 2.50. The Morgan fingerprint density at radius 2 is 2.11 bits per heavy atom. The highest BCUT2D eigenvalue weighted by Crippen LogP contribution is 2.24. The quantitative estimate of drug-likeness (QED) is 0.866. The van der Waals surface area contributed by atoms with E-state index in [1.807, 2.05) is 18.2 Å². The van der Waals surface area contributed by atoms with Gasteiger partial charge < -0.3 is 15.4 Å². The van der Waals surface area contributed by atoms with Crippen LogP contribution in [0.4, 0.5) is 0 Å². The third-order valence-electron chi connectivity index (χ3n) is 3.79. The largest absolute Gasteiger partial charge is 0.497 e. The zero-order chi connectivity index (χ0) is 13.1. The average Bonchev–Trinajstić information content (AvgIpc) is 2.41. The molecule has 0 spiro atoms. The Morgan fingerprint density at radius 3 is 2.83 bits per heavy atom. The van der Waals surface area contributed by atoms with Crippen molar-refractivity contribution in [3.05, 3.63) is 29.8 Å². The lowest BCUT2D eigenvalue weighted by Gasteiger charge is -2.40. The second-order valence-electron chi connectivity index (χ2n) is 5.11. The van der Waals surface area contributed by atoms with Gasteiger partial charge >= 0.3 is 0 Å². The van der Waals surface area contributed by atoms with E-state index in [0.29, 0.717) is 6.04 Å². The molecule has 2 rings (SSSR count). The van der Waals surface area contributed by atoms with Gasteiger partial charge in [-0.3, -0.25) is 4.90 Å². The van der Waals surface area contributed by atoms with Crippen LogP contribution in [0, 0.1) is 0 Å². The van der Waals surface area contributed by atoms with E-state index in [9.17, 15) is 0 Å². The summed E-state index contributed by atoms with van der Waals surface area (Å²) in [7, 11) is 5.99. The van der Waals surface area contributed by atoms with E-state index < -0.39 is 0 Å². The van der Waals surface area contributed by atoms with Crippen LogP contribution < -0.4 is 10.5 Å². The zero-order valence-electron chi connectivity index (χ0n) is 11.5. The molecular weight excluding hydrogens is 226 g/mol. The molecule has 2 N–H and O–H groups in total. The maximum absolute atomic E-state index is 6.42. The van der Waals surface area contributed by atoms with Crippen molar-refractivity contribution >= 4 is 0 Å². The maximum Gasteiger partial charge on any atom is 0.119 e. The molecule has 0 aliphatic carbocycles. The van der Waals surface area contributed by atoms with Crippen molar-refractivity contribution in [3.8, 4) is 5.75 Å². The summed E-state index contributed by atoms with van der Waals surface area (Å²) >= 11 is 0. The van der Waals surface area contributed by atoms with E-state index in [-0.39, 0.29) is 6.04 Å². The maximum atomic E-state index is 6.42. The van der Waals surface area contributed by atoms with E-state index in [1.165, 1.54) is 0 Å². The minimum atomic E-state index is 0.0212. The van der Waals surface area contributed by atoms with E-state index in [2.05, 4.69) is 30.0 Å². The van der Waals surface area contributed by atoms with Gasteiger partial charge in [-0.05, 0) is 31.8 Å². The fraction of sp³-hybridized carbons (Fsp3) is 0.571. The van der Waals surface area contributed by atoms with Crippen LogP contribution in [0.5, 0.6) is 5.75 Å². The van der Waals surface area contributed by atoms with Crippen molar-refractivity contribution in [1.29, 1.82) is 0 Å². The van der Waals surface area contributed by atoms with Gasteiger partial charge in [0.05, 0.1) is 7.11 Å². The molecule has 1 fully saturated rings. The SMILES string of the molecule is COc1cccc(C(N)C2CN(C)CCN2C)c1. The molecular formula is C14H23N3O. The normalized spacial score (nSPS) is 23.9. The minimum Gasteiger partial charge on any atom is -0.497 e. The van der Waals surface area contributed by atoms with Gasteiger partial charge in [0.1, 0.15) is 5.75 Å². The summed E-state index contributed by atoms with van der Waals surface area (Å²) in [5, 5.41) is 0. The highest BCUT2D eigenvalue weighted by molar-refractivity contribution is 5.31. The second kappa shape index (κ2) is 5.69. The molecule has 0 aromatic heterocycles. The molecule has 1 heterocycles. The van der Waals surface area contributed by atoms with Crippen LogP contribution in [-0.2, 0) is 0 Å². The summed E-state index contributed by atoms with van der Waals surface area (Å²) in [4.78, 5) is 4.69. The van der Waals surface area contributed by atoms with Gasteiger partial charge in [-0.25, -0.2) is 0 Å². The number of ether oxygens (including phenoxy) is 1. The van der Waals surface area contributed by atoms with Crippen molar-refractivity contribution in [2.24, 2.45) is 5.73 Å². The Kier molecular flexibility index (Phi) is 4.22. The molecule has 4 nitrogen and oxygen atoms in total. The Hall–Kier alpha value is -1.10. The molecule has 1 saturated heterocycles. The van der Waals surface area contributed by atoms with Crippen molar-refractivity contribution in [2.75, 3.05) is 40.8 Å². The molecule has 0 saturated carbocycles. The average molecular weight is 249 g/mol.